The highest BCUT2D eigenvalue weighted by Gasteiger charge is 2.61. The fraction of sp³-hybridized carbons (Fsp3) is 1.00. The van der Waals surface area contributed by atoms with Gasteiger partial charge in [0.05, 0.1) is 25.4 Å². The smallest absolute Gasteiger partial charge is 0.144 e. The van der Waals surface area contributed by atoms with E-state index in [2.05, 4.69) is 13.8 Å². The third kappa shape index (κ3) is 3.75. The summed E-state index contributed by atoms with van der Waals surface area (Å²) in [5.74, 6) is 0.438. The zero-order valence-electron chi connectivity index (χ0n) is 13.5. The molecule has 20 heavy (non-hydrogen) atoms. The van der Waals surface area contributed by atoms with Gasteiger partial charge in [-0.15, -0.1) is 0 Å². The van der Waals surface area contributed by atoms with Crippen molar-refractivity contribution < 1.29 is 14.2 Å². The highest BCUT2D eigenvalue weighted by molar-refractivity contribution is 5.09. The lowest BCUT2D eigenvalue weighted by Gasteiger charge is -2.39. The van der Waals surface area contributed by atoms with Gasteiger partial charge in [0.2, 0.25) is 0 Å². The number of hydrogen-bond acceptors (Lipinski definition) is 3. The van der Waals surface area contributed by atoms with Crippen molar-refractivity contribution in [3.05, 3.63) is 0 Å². The van der Waals surface area contributed by atoms with Gasteiger partial charge in [-0.3, -0.25) is 0 Å². The number of unbranched alkanes of at least 4 members (excludes halogenated alkanes) is 6. The Morgan fingerprint density at radius 1 is 1.10 bits per heavy atom. The van der Waals surface area contributed by atoms with Gasteiger partial charge in [0.1, 0.15) is 5.60 Å². The summed E-state index contributed by atoms with van der Waals surface area (Å²) in [6.07, 6.45) is 11.0. The first-order valence-corrected chi connectivity index (χ1v) is 8.53. The SMILES string of the molecule is CCCCCCCCC[C@@H]1OC[C@@H](C)[C@H](OC)[C@@]12CO2. The van der Waals surface area contributed by atoms with Crippen LogP contribution in [-0.2, 0) is 14.2 Å². The lowest BCUT2D eigenvalue weighted by atomic mass is 9.83. The van der Waals surface area contributed by atoms with Gasteiger partial charge in [0, 0.05) is 13.0 Å². The zero-order chi connectivity index (χ0) is 14.4. The van der Waals surface area contributed by atoms with E-state index in [4.69, 9.17) is 14.2 Å². The molecule has 2 aliphatic heterocycles. The molecule has 118 valence electrons. The molecule has 2 saturated heterocycles. The minimum atomic E-state index is -0.116. The van der Waals surface area contributed by atoms with Crippen LogP contribution in [0.15, 0.2) is 0 Å². The molecule has 2 aliphatic rings. The Morgan fingerprint density at radius 3 is 2.35 bits per heavy atom. The molecule has 2 fully saturated rings. The first kappa shape index (κ1) is 16.3. The van der Waals surface area contributed by atoms with Crippen molar-refractivity contribution in [1.82, 2.24) is 0 Å². The third-order valence-corrected chi connectivity index (χ3v) is 4.91. The summed E-state index contributed by atoms with van der Waals surface area (Å²) in [6.45, 7) is 6.09. The topological polar surface area (TPSA) is 31.0 Å². The van der Waals surface area contributed by atoms with Crippen molar-refractivity contribution in [2.24, 2.45) is 5.92 Å². The van der Waals surface area contributed by atoms with Gasteiger partial charge >= 0.3 is 0 Å². The van der Waals surface area contributed by atoms with E-state index in [1.165, 1.54) is 44.9 Å². The van der Waals surface area contributed by atoms with Crippen molar-refractivity contribution in [3.63, 3.8) is 0 Å². The molecule has 0 radical (unpaired) electrons. The second-order valence-corrected chi connectivity index (χ2v) is 6.61. The number of hydrogen-bond donors (Lipinski definition) is 0. The van der Waals surface area contributed by atoms with E-state index >= 15 is 0 Å². The van der Waals surface area contributed by atoms with Crippen molar-refractivity contribution in [1.29, 1.82) is 0 Å². The Balaban J connectivity index is 1.66. The molecule has 2 rings (SSSR count). The van der Waals surface area contributed by atoms with E-state index in [0.717, 1.165) is 19.6 Å². The number of methoxy groups -OCH3 is 1. The van der Waals surface area contributed by atoms with Crippen LogP contribution in [0.25, 0.3) is 0 Å². The van der Waals surface area contributed by atoms with Crippen LogP contribution in [-0.4, -0.2) is 38.1 Å². The standard InChI is InChI=1S/C17H32O3/c1-4-5-6-7-8-9-10-11-15-17(13-20-17)16(18-3)14(2)12-19-15/h14-16H,4-13H2,1-3H3/t14-,15+,16+,17-/m1/s1. The molecule has 0 aromatic heterocycles. The molecule has 0 saturated carbocycles. The predicted molar refractivity (Wildman–Crippen MR) is 81.0 cm³/mol. The minimum Gasteiger partial charge on any atom is -0.378 e. The molecule has 0 unspecified atom stereocenters. The third-order valence-electron chi connectivity index (χ3n) is 4.91. The predicted octanol–water partition coefficient (Wildman–Crippen LogP) is 3.95. The van der Waals surface area contributed by atoms with Gasteiger partial charge in [-0.25, -0.2) is 0 Å². The van der Waals surface area contributed by atoms with Crippen LogP contribution < -0.4 is 0 Å². The van der Waals surface area contributed by atoms with Gasteiger partial charge < -0.3 is 14.2 Å². The molecule has 2 heterocycles. The molecule has 0 aromatic carbocycles. The van der Waals surface area contributed by atoms with E-state index in [1.807, 2.05) is 0 Å². The van der Waals surface area contributed by atoms with E-state index in [-0.39, 0.29) is 17.8 Å². The maximum absolute atomic E-state index is 6.04. The van der Waals surface area contributed by atoms with Crippen LogP contribution in [0.2, 0.25) is 0 Å². The average Bonchev–Trinajstić information content (AvgIpc) is 3.22. The molecule has 0 amide bonds. The summed E-state index contributed by atoms with van der Waals surface area (Å²) in [6, 6.07) is 0. The Labute approximate surface area is 124 Å². The van der Waals surface area contributed by atoms with Crippen LogP contribution >= 0.6 is 0 Å². The van der Waals surface area contributed by atoms with Crippen molar-refractivity contribution in [3.8, 4) is 0 Å². The van der Waals surface area contributed by atoms with Crippen molar-refractivity contribution in [2.75, 3.05) is 20.3 Å². The fourth-order valence-electron chi connectivity index (χ4n) is 3.64. The molecule has 0 bridgehead atoms. The molecular weight excluding hydrogens is 252 g/mol. The number of ether oxygens (including phenoxy) is 3. The zero-order valence-corrected chi connectivity index (χ0v) is 13.5. The maximum Gasteiger partial charge on any atom is 0.144 e. The Kier molecular flexibility index (Phi) is 6.31. The van der Waals surface area contributed by atoms with E-state index in [9.17, 15) is 0 Å². The average molecular weight is 284 g/mol. The van der Waals surface area contributed by atoms with Gasteiger partial charge in [0.25, 0.3) is 0 Å². The Morgan fingerprint density at radius 2 is 1.75 bits per heavy atom. The van der Waals surface area contributed by atoms with Gasteiger partial charge in [-0.2, -0.15) is 0 Å². The monoisotopic (exact) mass is 284 g/mol. The lowest BCUT2D eigenvalue weighted by Crippen LogP contribution is -2.53. The van der Waals surface area contributed by atoms with Crippen LogP contribution in [0, 0.1) is 5.92 Å². The van der Waals surface area contributed by atoms with Crippen LogP contribution in [0.1, 0.15) is 65.2 Å². The molecule has 0 aromatic rings. The Hall–Kier alpha value is -0.120. The highest BCUT2D eigenvalue weighted by atomic mass is 16.7. The first-order chi connectivity index (χ1) is 9.74. The fourth-order valence-corrected chi connectivity index (χ4v) is 3.64. The molecule has 1 spiro atoms. The molecule has 4 atom stereocenters. The molecule has 3 nitrogen and oxygen atoms in total. The molecule has 0 N–H and O–H groups in total. The maximum atomic E-state index is 6.04. The summed E-state index contributed by atoms with van der Waals surface area (Å²) >= 11 is 0. The molecular formula is C17H32O3. The van der Waals surface area contributed by atoms with Gasteiger partial charge in [0.15, 0.2) is 0 Å². The summed E-state index contributed by atoms with van der Waals surface area (Å²) in [5.41, 5.74) is -0.116. The van der Waals surface area contributed by atoms with Crippen LogP contribution in [0.5, 0.6) is 0 Å². The van der Waals surface area contributed by atoms with Crippen molar-refractivity contribution in [2.45, 2.75) is 83.0 Å². The van der Waals surface area contributed by atoms with Gasteiger partial charge in [-0.05, 0) is 6.42 Å². The summed E-state index contributed by atoms with van der Waals surface area (Å²) < 4.78 is 17.5. The van der Waals surface area contributed by atoms with E-state index in [1.54, 1.807) is 7.11 Å². The minimum absolute atomic E-state index is 0.116. The van der Waals surface area contributed by atoms with Gasteiger partial charge in [-0.1, -0.05) is 58.8 Å². The number of rotatable bonds is 9. The van der Waals surface area contributed by atoms with E-state index in [0.29, 0.717) is 5.92 Å². The van der Waals surface area contributed by atoms with Crippen LogP contribution in [0.3, 0.4) is 0 Å². The molecule has 3 heteroatoms. The summed E-state index contributed by atoms with van der Waals surface area (Å²) in [5, 5.41) is 0. The quantitative estimate of drug-likeness (QED) is 0.474. The number of epoxide rings is 1. The van der Waals surface area contributed by atoms with Crippen LogP contribution in [0.4, 0.5) is 0 Å². The highest BCUT2D eigenvalue weighted by Crippen LogP contribution is 2.45. The largest absolute Gasteiger partial charge is 0.378 e. The lowest BCUT2D eigenvalue weighted by molar-refractivity contribution is -0.149. The molecule has 0 aliphatic carbocycles. The Bertz CT molecular complexity index is 275. The second-order valence-electron chi connectivity index (χ2n) is 6.61. The van der Waals surface area contributed by atoms with Crippen molar-refractivity contribution >= 4 is 0 Å². The van der Waals surface area contributed by atoms with E-state index < -0.39 is 0 Å². The summed E-state index contributed by atoms with van der Waals surface area (Å²) in [4.78, 5) is 0. The second kappa shape index (κ2) is 7.77. The summed E-state index contributed by atoms with van der Waals surface area (Å²) in [7, 11) is 1.81. The first-order valence-electron chi connectivity index (χ1n) is 8.53. The normalized spacial score (nSPS) is 36.5.